The molecule has 2 aromatic rings. The molecule has 2 rings (SSSR count). The first-order valence-electron chi connectivity index (χ1n) is 7.91. The third-order valence-electron chi connectivity index (χ3n) is 3.58. The lowest BCUT2D eigenvalue weighted by atomic mass is 10.1. The van der Waals surface area contributed by atoms with Crippen LogP contribution in [0, 0.1) is 0 Å². The summed E-state index contributed by atoms with van der Waals surface area (Å²) in [6.07, 6.45) is -1.38. The Morgan fingerprint density at radius 1 is 1.11 bits per heavy atom. The van der Waals surface area contributed by atoms with E-state index in [0.717, 1.165) is 0 Å². The molecule has 0 unspecified atom stereocenters. The van der Waals surface area contributed by atoms with Crippen LogP contribution in [0.25, 0.3) is 0 Å². The molecule has 0 saturated heterocycles. The molecular formula is C18H18ClNO6S. The maximum absolute atomic E-state index is 12.4. The summed E-state index contributed by atoms with van der Waals surface area (Å²) in [5, 5.41) is 10.1. The number of aliphatic hydroxyl groups is 1. The number of hydrogen-bond donors (Lipinski definition) is 2. The second-order valence-corrected chi connectivity index (χ2v) is 7.84. The summed E-state index contributed by atoms with van der Waals surface area (Å²) < 4.78 is 31.7. The fourth-order valence-corrected chi connectivity index (χ4v) is 3.51. The van der Waals surface area contributed by atoms with Gasteiger partial charge >= 0.3 is 5.97 Å². The van der Waals surface area contributed by atoms with Crippen molar-refractivity contribution in [2.75, 3.05) is 6.61 Å². The normalized spacial score (nSPS) is 13.6. The standard InChI is InChI=1S/C18H18ClNO6S/c1-12(21)17(20-27(24,25)15-9-7-14(19)8-10-15)18(23)26-11-16(22)13-5-3-2-4-6-13/h2-10,12,17,20-21H,11H2,1H3/t12-,17-/m1/s1. The Hall–Kier alpha value is -2.26. The number of esters is 1. The van der Waals surface area contributed by atoms with Crippen LogP contribution in [0.3, 0.4) is 0 Å². The van der Waals surface area contributed by atoms with Gasteiger partial charge in [-0.2, -0.15) is 4.72 Å². The summed E-state index contributed by atoms with van der Waals surface area (Å²) in [5.41, 5.74) is 0.348. The first-order chi connectivity index (χ1) is 12.7. The lowest BCUT2D eigenvalue weighted by molar-refractivity contribution is -0.147. The van der Waals surface area contributed by atoms with Crippen LogP contribution in [0.1, 0.15) is 17.3 Å². The number of halogens is 1. The number of sulfonamides is 1. The van der Waals surface area contributed by atoms with Crippen molar-refractivity contribution in [3.8, 4) is 0 Å². The first kappa shape index (κ1) is 21.0. The van der Waals surface area contributed by atoms with Crippen LogP contribution in [0.15, 0.2) is 59.5 Å². The lowest BCUT2D eigenvalue weighted by Crippen LogP contribution is -2.48. The van der Waals surface area contributed by atoms with Gasteiger partial charge in [-0.1, -0.05) is 41.9 Å². The van der Waals surface area contributed by atoms with E-state index in [1.165, 1.54) is 31.2 Å². The number of carbonyl (C=O) groups excluding carboxylic acids is 2. The highest BCUT2D eigenvalue weighted by atomic mass is 35.5. The van der Waals surface area contributed by atoms with E-state index >= 15 is 0 Å². The molecule has 0 aliphatic carbocycles. The van der Waals surface area contributed by atoms with Gasteiger partial charge < -0.3 is 9.84 Å². The molecule has 2 N–H and O–H groups in total. The molecule has 0 saturated carbocycles. The van der Waals surface area contributed by atoms with Gasteiger partial charge in [-0.05, 0) is 31.2 Å². The highest BCUT2D eigenvalue weighted by Gasteiger charge is 2.31. The van der Waals surface area contributed by atoms with Gasteiger partial charge in [0.15, 0.2) is 12.4 Å². The molecular weight excluding hydrogens is 394 g/mol. The van der Waals surface area contributed by atoms with Crippen molar-refractivity contribution in [2.24, 2.45) is 0 Å². The van der Waals surface area contributed by atoms with E-state index in [-0.39, 0.29) is 4.90 Å². The maximum atomic E-state index is 12.4. The summed E-state index contributed by atoms with van der Waals surface area (Å²) >= 11 is 5.73. The molecule has 0 radical (unpaired) electrons. The fourth-order valence-electron chi connectivity index (χ4n) is 2.13. The monoisotopic (exact) mass is 411 g/mol. The van der Waals surface area contributed by atoms with Crippen LogP contribution in [0.2, 0.25) is 5.02 Å². The van der Waals surface area contributed by atoms with Crippen molar-refractivity contribution in [3.05, 3.63) is 65.2 Å². The zero-order valence-corrected chi connectivity index (χ0v) is 15.9. The van der Waals surface area contributed by atoms with Gasteiger partial charge in [-0.15, -0.1) is 0 Å². The SMILES string of the molecule is C[C@@H](O)[C@@H](NS(=O)(=O)c1ccc(Cl)cc1)C(=O)OCC(=O)c1ccccc1. The Morgan fingerprint density at radius 3 is 2.26 bits per heavy atom. The second-order valence-electron chi connectivity index (χ2n) is 5.69. The zero-order valence-electron chi connectivity index (χ0n) is 14.3. The Morgan fingerprint density at radius 2 is 1.70 bits per heavy atom. The van der Waals surface area contributed by atoms with E-state index < -0.39 is 40.5 Å². The first-order valence-corrected chi connectivity index (χ1v) is 9.77. The highest BCUT2D eigenvalue weighted by Crippen LogP contribution is 2.15. The van der Waals surface area contributed by atoms with E-state index in [2.05, 4.69) is 4.72 Å². The number of Topliss-reactive ketones (excluding diaryl/α,β-unsaturated/α-hetero) is 1. The van der Waals surface area contributed by atoms with Crippen molar-refractivity contribution >= 4 is 33.4 Å². The minimum absolute atomic E-state index is 0.134. The van der Waals surface area contributed by atoms with E-state index in [9.17, 15) is 23.1 Å². The number of benzene rings is 2. The molecule has 2 aromatic carbocycles. The fraction of sp³-hybridized carbons (Fsp3) is 0.222. The molecule has 0 heterocycles. The predicted molar refractivity (Wildman–Crippen MR) is 99.0 cm³/mol. The third-order valence-corrected chi connectivity index (χ3v) is 5.29. The van der Waals surface area contributed by atoms with Crippen LogP contribution in [0.4, 0.5) is 0 Å². The van der Waals surface area contributed by atoms with Gasteiger partial charge in [-0.3, -0.25) is 9.59 Å². The minimum Gasteiger partial charge on any atom is -0.456 e. The maximum Gasteiger partial charge on any atom is 0.327 e. The number of hydrogen-bond acceptors (Lipinski definition) is 6. The number of ether oxygens (including phenoxy) is 1. The molecule has 144 valence electrons. The van der Waals surface area contributed by atoms with E-state index in [0.29, 0.717) is 10.6 Å². The van der Waals surface area contributed by atoms with Gasteiger partial charge in [0.25, 0.3) is 0 Å². The summed E-state index contributed by atoms with van der Waals surface area (Å²) in [5.74, 6) is -1.51. The average molecular weight is 412 g/mol. The summed E-state index contributed by atoms with van der Waals surface area (Å²) in [6.45, 7) is 0.657. The molecule has 0 aliphatic heterocycles. The summed E-state index contributed by atoms with van der Waals surface area (Å²) in [6, 6.07) is 11.9. The van der Waals surface area contributed by atoms with Gasteiger partial charge in [0.1, 0.15) is 6.04 Å². The Balaban J connectivity index is 2.06. The number of ketones is 1. The van der Waals surface area contributed by atoms with Crippen molar-refractivity contribution in [2.45, 2.75) is 24.0 Å². The molecule has 0 bridgehead atoms. The zero-order chi connectivity index (χ0) is 20.0. The summed E-state index contributed by atoms with van der Waals surface area (Å²) in [4.78, 5) is 24.1. The number of carbonyl (C=O) groups is 2. The molecule has 27 heavy (non-hydrogen) atoms. The van der Waals surface area contributed by atoms with Crippen LogP contribution in [-0.4, -0.2) is 44.0 Å². The molecule has 0 amide bonds. The quantitative estimate of drug-likeness (QED) is 0.506. The van der Waals surface area contributed by atoms with E-state index in [4.69, 9.17) is 16.3 Å². The van der Waals surface area contributed by atoms with E-state index in [1.54, 1.807) is 30.3 Å². The van der Waals surface area contributed by atoms with Crippen LogP contribution in [-0.2, 0) is 19.6 Å². The number of rotatable bonds is 8. The molecule has 0 spiro atoms. The average Bonchev–Trinajstić information content (AvgIpc) is 2.64. The van der Waals surface area contributed by atoms with E-state index in [1.807, 2.05) is 0 Å². The Labute approximate surface area is 162 Å². The summed E-state index contributed by atoms with van der Waals surface area (Å²) in [7, 11) is -4.11. The Bertz CT molecular complexity index is 897. The van der Waals surface area contributed by atoms with Crippen molar-refractivity contribution in [1.82, 2.24) is 4.72 Å². The van der Waals surface area contributed by atoms with Crippen molar-refractivity contribution in [1.29, 1.82) is 0 Å². The predicted octanol–water partition coefficient (Wildman–Crippen LogP) is 1.79. The third kappa shape index (κ3) is 5.86. The minimum atomic E-state index is -4.11. The van der Waals surface area contributed by atoms with Gasteiger partial charge in [0.05, 0.1) is 11.0 Å². The van der Waals surface area contributed by atoms with Gasteiger partial charge in [0.2, 0.25) is 10.0 Å². The largest absolute Gasteiger partial charge is 0.456 e. The lowest BCUT2D eigenvalue weighted by Gasteiger charge is -2.20. The molecule has 7 nitrogen and oxygen atoms in total. The molecule has 9 heteroatoms. The van der Waals surface area contributed by atoms with Crippen LogP contribution >= 0.6 is 11.6 Å². The Kier molecular flexibility index (Phi) is 7.09. The molecule has 0 aliphatic rings. The topological polar surface area (TPSA) is 110 Å². The van der Waals surface area contributed by atoms with Crippen LogP contribution in [0.5, 0.6) is 0 Å². The van der Waals surface area contributed by atoms with Crippen molar-refractivity contribution < 1.29 is 27.9 Å². The van der Waals surface area contributed by atoms with Crippen LogP contribution < -0.4 is 4.72 Å². The van der Waals surface area contributed by atoms with Crippen molar-refractivity contribution in [3.63, 3.8) is 0 Å². The second kappa shape index (κ2) is 9.09. The van der Waals surface area contributed by atoms with Gasteiger partial charge in [-0.25, -0.2) is 8.42 Å². The molecule has 0 aromatic heterocycles. The highest BCUT2D eigenvalue weighted by molar-refractivity contribution is 7.89. The molecule has 2 atom stereocenters. The number of nitrogens with one attached hydrogen (secondary N) is 1. The number of aliphatic hydroxyl groups excluding tert-OH is 1. The smallest absolute Gasteiger partial charge is 0.327 e. The molecule has 0 fully saturated rings. The van der Waals surface area contributed by atoms with Gasteiger partial charge in [0, 0.05) is 10.6 Å².